The van der Waals surface area contributed by atoms with Gasteiger partial charge in [0.15, 0.2) is 0 Å². The number of rotatable bonds is 6. The van der Waals surface area contributed by atoms with Crippen LogP contribution in [0.25, 0.3) is 10.9 Å². The highest BCUT2D eigenvalue weighted by Crippen LogP contribution is 2.35. The lowest BCUT2D eigenvalue weighted by Gasteiger charge is -2.15. The number of nitrogens with one attached hydrogen (secondary N) is 1. The third-order valence-corrected chi connectivity index (χ3v) is 5.64. The zero-order valence-corrected chi connectivity index (χ0v) is 18.8. The van der Waals surface area contributed by atoms with E-state index in [1.54, 1.807) is 55.1 Å². The molecule has 0 spiro atoms. The molecular formula is C26H21F3N2O4. The summed E-state index contributed by atoms with van der Waals surface area (Å²) < 4.78 is 46.2. The zero-order chi connectivity index (χ0) is 25.3. The highest BCUT2D eigenvalue weighted by molar-refractivity contribution is 6.09. The van der Waals surface area contributed by atoms with E-state index in [1.165, 1.54) is 24.3 Å². The molecule has 0 saturated carbocycles. The summed E-state index contributed by atoms with van der Waals surface area (Å²) in [7, 11) is 1.77. The molecule has 3 aromatic carbocycles. The second-order valence-corrected chi connectivity index (χ2v) is 8.05. The van der Waals surface area contributed by atoms with Crippen LogP contribution in [0.3, 0.4) is 0 Å². The fourth-order valence-electron chi connectivity index (χ4n) is 3.78. The molecule has 180 valence electrons. The van der Waals surface area contributed by atoms with Crippen molar-refractivity contribution in [1.82, 2.24) is 9.88 Å². The number of hydrogen-bond acceptors (Lipinski definition) is 3. The number of carbonyl (C=O) groups excluding carboxylic acids is 1. The smallest absolute Gasteiger partial charge is 0.416 e. The first-order valence-corrected chi connectivity index (χ1v) is 10.6. The Morgan fingerprint density at radius 2 is 1.66 bits per heavy atom. The molecule has 0 unspecified atom stereocenters. The van der Waals surface area contributed by atoms with Crippen LogP contribution in [-0.4, -0.2) is 21.6 Å². The number of aryl methyl sites for hydroxylation is 1. The highest BCUT2D eigenvalue weighted by Gasteiger charge is 2.30. The molecular weight excluding hydrogens is 461 g/mol. The summed E-state index contributed by atoms with van der Waals surface area (Å²) in [6.45, 7) is 1.78. The predicted octanol–water partition coefficient (Wildman–Crippen LogP) is 6.18. The van der Waals surface area contributed by atoms with Crippen molar-refractivity contribution in [2.75, 3.05) is 0 Å². The Kier molecular flexibility index (Phi) is 6.26. The van der Waals surface area contributed by atoms with E-state index in [9.17, 15) is 22.8 Å². The van der Waals surface area contributed by atoms with Crippen LogP contribution < -0.4 is 10.1 Å². The Balaban J connectivity index is 1.62. The van der Waals surface area contributed by atoms with Crippen LogP contribution in [0.15, 0.2) is 72.9 Å². The van der Waals surface area contributed by atoms with E-state index in [4.69, 9.17) is 9.84 Å². The minimum atomic E-state index is -4.45. The number of nitrogens with zero attached hydrogens (tertiary/aromatic N) is 1. The van der Waals surface area contributed by atoms with Crippen LogP contribution in [0.4, 0.5) is 13.2 Å². The molecule has 0 aliphatic carbocycles. The van der Waals surface area contributed by atoms with Crippen LogP contribution in [0.1, 0.15) is 44.8 Å². The van der Waals surface area contributed by atoms with Gasteiger partial charge in [0.25, 0.3) is 5.91 Å². The Hall–Kier alpha value is -4.27. The van der Waals surface area contributed by atoms with E-state index >= 15 is 0 Å². The largest absolute Gasteiger partial charge is 0.478 e. The first-order chi connectivity index (χ1) is 16.5. The average molecular weight is 482 g/mol. The summed E-state index contributed by atoms with van der Waals surface area (Å²) >= 11 is 0. The van der Waals surface area contributed by atoms with Gasteiger partial charge in [0.1, 0.15) is 11.5 Å². The lowest BCUT2D eigenvalue weighted by Crippen LogP contribution is -2.26. The molecule has 1 heterocycles. The summed E-state index contributed by atoms with van der Waals surface area (Å²) in [6.07, 6.45) is -2.80. The van der Waals surface area contributed by atoms with Crippen molar-refractivity contribution in [3.05, 3.63) is 95.2 Å². The van der Waals surface area contributed by atoms with Crippen molar-refractivity contribution in [2.45, 2.75) is 19.1 Å². The summed E-state index contributed by atoms with van der Waals surface area (Å²) in [6, 6.07) is 15.3. The average Bonchev–Trinajstić information content (AvgIpc) is 3.16. The van der Waals surface area contributed by atoms with Gasteiger partial charge < -0.3 is 19.7 Å². The summed E-state index contributed by atoms with van der Waals surface area (Å²) in [5.41, 5.74) is 1.13. The van der Waals surface area contributed by atoms with Crippen molar-refractivity contribution in [1.29, 1.82) is 0 Å². The molecule has 0 saturated heterocycles. The standard InChI is InChI=1S/C26H21F3N2O4/c1-15(16-6-8-17(9-7-16)25(33)34)30-24(32)20-14-31(2)21-4-3-5-22(23(20)21)35-19-12-10-18(11-13-19)26(27,28)29/h3-15H,1-2H3,(H,30,32)(H,33,34)/t15-/m0/s1. The number of carbonyl (C=O) groups is 2. The third-order valence-electron chi connectivity index (χ3n) is 5.64. The zero-order valence-electron chi connectivity index (χ0n) is 18.8. The number of aromatic nitrogens is 1. The number of hydrogen-bond donors (Lipinski definition) is 2. The molecule has 0 aliphatic rings. The SMILES string of the molecule is C[C@H](NC(=O)c1cn(C)c2cccc(Oc3ccc(C(F)(F)F)cc3)c12)c1ccc(C(=O)O)cc1. The molecule has 2 N–H and O–H groups in total. The molecule has 1 atom stereocenters. The van der Waals surface area contributed by atoms with E-state index in [0.717, 1.165) is 17.7 Å². The second-order valence-electron chi connectivity index (χ2n) is 8.05. The van der Waals surface area contributed by atoms with Crippen molar-refractivity contribution in [3.8, 4) is 11.5 Å². The number of halogens is 3. The van der Waals surface area contributed by atoms with Crippen LogP contribution in [-0.2, 0) is 13.2 Å². The monoisotopic (exact) mass is 482 g/mol. The van der Waals surface area contributed by atoms with Crippen molar-refractivity contribution >= 4 is 22.8 Å². The van der Waals surface area contributed by atoms with Crippen molar-refractivity contribution in [3.63, 3.8) is 0 Å². The topological polar surface area (TPSA) is 80.6 Å². The molecule has 4 aromatic rings. The Morgan fingerprint density at radius 1 is 1.00 bits per heavy atom. The first kappa shape index (κ1) is 23.9. The maximum absolute atomic E-state index is 13.2. The van der Waals surface area contributed by atoms with Crippen molar-refractivity contribution in [2.24, 2.45) is 7.05 Å². The number of ether oxygens (including phenoxy) is 1. The number of alkyl halides is 3. The van der Waals surface area contributed by atoms with Crippen LogP contribution >= 0.6 is 0 Å². The number of aromatic carboxylic acids is 1. The van der Waals surface area contributed by atoms with Gasteiger partial charge in [0.05, 0.1) is 33.6 Å². The normalized spacial score (nSPS) is 12.4. The van der Waals surface area contributed by atoms with Gasteiger partial charge in [-0.25, -0.2) is 4.79 Å². The summed E-state index contributed by atoms with van der Waals surface area (Å²) in [5, 5.41) is 12.5. The predicted molar refractivity (Wildman–Crippen MR) is 124 cm³/mol. The van der Waals surface area contributed by atoms with Crippen LogP contribution in [0.2, 0.25) is 0 Å². The van der Waals surface area contributed by atoms with E-state index in [-0.39, 0.29) is 17.2 Å². The molecule has 0 bridgehead atoms. The number of benzene rings is 3. The minimum Gasteiger partial charge on any atom is -0.478 e. The molecule has 1 aromatic heterocycles. The molecule has 1 amide bonds. The molecule has 35 heavy (non-hydrogen) atoms. The van der Waals surface area contributed by atoms with Crippen LogP contribution in [0.5, 0.6) is 11.5 Å². The molecule has 6 nitrogen and oxygen atoms in total. The van der Waals surface area contributed by atoms with E-state index < -0.39 is 23.8 Å². The lowest BCUT2D eigenvalue weighted by molar-refractivity contribution is -0.137. The minimum absolute atomic E-state index is 0.145. The van der Waals surface area contributed by atoms with E-state index in [1.807, 2.05) is 0 Å². The summed E-state index contributed by atoms with van der Waals surface area (Å²) in [5.74, 6) is -0.891. The highest BCUT2D eigenvalue weighted by atomic mass is 19.4. The van der Waals surface area contributed by atoms with E-state index in [0.29, 0.717) is 22.2 Å². The quantitative estimate of drug-likeness (QED) is 0.344. The Bertz CT molecular complexity index is 1390. The van der Waals surface area contributed by atoms with Gasteiger partial charge in [0.2, 0.25) is 0 Å². The maximum Gasteiger partial charge on any atom is 0.416 e. The molecule has 0 aliphatic heterocycles. The van der Waals surface area contributed by atoms with Gasteiger partial charge in [-0.3, -0.25) is 4.79 Å². The molecule has 9 heteroatoms. The molecule has 0 radical (unpaired) electrons. The molecule has 4 rings (SSSR count). The van der Waals surface area contributed by atoms with Gasteiger partial charge in [-0.15, -0.1) is 0 Å². The maximum atomic E-state index is 13.2. The lowest BCUT2D eigenvalue weighted by atomic mass is 10.1. The van der Waals surface area contributed by atoms with Gasteiger partial charge in [-0.05, 0) is 61.0 Å². The van der Waals surface area contributed by atoms with Gasteiger partial charge in [0, 0.05) is 13.2 Å². The van der Waals surface area contributed by atoms with Gasteiger partial charge >= 0.3 is 12.1 Å². The number of amides is 1. The Morgan fingerprint density at radius 3 is 2.26 bits per heavy atom. The fraction of sp³-hybridized carbons (Fsp3) is 0.154. The first-order valence-electron chi connectivity index (χ1n) is 10.6. The summed E-state index contributed by atoms with van der Waals surface area (Å²) in [4.78, 5) is 24.3. The third kappa shape index (κ3) is 4.98. The number of carboxylic acid groups (broad SMARTS) is 1. The number of fused-ring (bicyclic) bond motifs is 1. The van der Waals surface area contributed by atoms with Gasteiger partial charge in [-0.1, -0.05) is 18.2 Å². The van der Waals surface area contributed by atoms with Crippen molar-refractivity contribution < 1.29 is 32.6 Å². The second kappa shape index (κ2) is 9.17. The fourth-order valence-corrected chi connectivity index (χ4v) is 3.78. The van der Waals surface area contributed by atoms with Gasteiger partial charge in [-0.2, -0.15) is 13.2 Å². The molecule has 0 fully saturated rings. The number of carboxylic acids is 1. The Labute approximate surface area is 198 Å². The van der Waals surface area contributed by atoms with Crippen LogP contribution in [0, 0.1) is 0 Å². The van der Waals surface area contributed by atoms with E-state index in [2.05, 4.69) is 5.32 Å².